The third-order valence-corrected chi connectivity index (χ3v) is 0.770. The maximum Gasteiger partial charge on any atom is 0.450 e. The van der Waals surface area contributed by atoms with Gasteiger partial charge in [0, 0.05) is 6.21 Å². The van der Waals surface area contributed by atoms with Crippen LogP contribution in [0.4, 0.5) is 13.2 Å². The molecule has 0 aliphatic rings. The molecular weight excluding hydrogens is 157 g/mol. The van der Waals surface area contributed by atoms with Crippen molar-refractivity contribution in [1.82, 2.24) is 0 Å². The molecule has 0 radical (unpaired) electrons. The number of amidine groups is 1. The fourth-order valence-corrected chi connectivity index (χ4v) is 0.297. The van der Waals surface area contributed by atoms with Crippen LogP contribution in [-0.2, 0) is 0 Å². The van der Waals surface area contributed by atoms with Crippen LogP contribution in [0.25, 0.3) is 0 Å². The molecule has 0 saturated heterocycles. The lowest BCUT2D eigenvalue weighted by Crippen LogP contribution is -2.19. The quantitative estimate of drug-likeness (QED) is 0.458. The van der Waals surface area contributed by atoms with Crippen molar-refractivity contribution in [2.75, 3.05) is 0 Å². The Labute approximate surface area is 62.6 Å². The second-order valence-electron chi connectivity index (χ2n) is 2.37. The van der Waals surface area contributed by atoms with Gasteiger partial charge in [0.2, 0.25) is 5.84 Å². The Morgan fingerprint density at radius 3 is 2.18 bits per heavy atom. The van der Waals surface area contributed by atoms with E-state index in [0.717, 1.165) is 6.21 Å². The largest absolute Gasteiger partial charge is 0.450 e. The minimum Gasteiger partial charge on any atom is -0.279 e. The molecular formula is C6H9F3N2. The van der Waals surface area contributed by atoms with Gasteiger partial charge in [-0.15, -0.1) is 0 Å². The average molecular weight is 166 g/mol. The zero-order chi connectivity index (χ0) is 9.07. The van der Waals surface area contributed by atoms with Gasteiger partial charge in [0.15, 0.2) is 0 Å². The summed E-state index contributed by atoms with van der Waals surface area (Å²) >= 11 is 0. The highest BCUT2D eigenvalue weighted by Crippen LogP contribution is 2.16. The lowest BCUT2D eigenvalue weighted by atomic mass is 10.2. The number of nitrogens with one attached hydrogen (secondary N) is 1. The Hall–Kier alpha value is -0.870. The Bertz CT molecular complexity index is 169. The Morgan fingerprint density at radius 1 is 1.45 bits per heavy atom. The molecule has 5 heteroatoms. The summed E-state index contributed by atoms with van der Waals surface area (Å²) < 4.78 is 34.7. The molecule has 0 aromatic heterocycles. The first-order valence-corrected chi connectivity index (χ1v) is 3.04. The van der Waals surface area contributed by atoms with E-state index in [4.69, 9.17) is 5.41 Å². The number of hydrogen-bond donors (Lipinski definition) is 1. The minimum atomic E-state index is -4.62. The van der Waals surface area contributed by atoms with E-state index in [9.17, 15) is 13.2 Å². The number of hydrogen-bond acceptors (Lipinski definition) is 1. The van der Waals surface area contributed by atoms with Crippen LogP contribution < -0.4 is 0 Å². The molecule has 0 saturated carbocycles. The summed E-state index contributed by atoms with van der Waals surface area (Å²) in [6, 6.07) is 0. The third-order valence-electron chi connectivity index (χ3n) is 0.770. The van der Waals surface area contributed by atoms with Crippen molar-refractivity contribution in [3.63, 3.8) is 0 Å². The predicted molar refractivity (Wildman–Crippen MR) is 37.1 cm³/mol. The molecule has 64 valence electrons. The second kappa shape index (κ2) is 3.50. The van der Waals surface area contributed by atoms with E-state index in [1.807, 2.05) is 0 Å². The molecule has 0 aromatic carbocycles. The van der Waals surface area contributed by atoms with Crippen LogP contribution in [0.3, 0.4) is 0 Å². The van der Waals surface area contributed by atoms with Gasteiger partial charge in [0.25, 0.3) is 0 Å². The molecule has 1 N–H and O–H groups in total. The standard InChI is InChI=1S/C6H9F3N2/c1-4(2)3-11-5(10)6(7,8)9/h3-4,10H,1-2H3/b10-5?,11-3-. The van der Waals surface area contributed by atoms with Crippen LogP contribution >= 0.6 is 0 Å². The van der Waals surface area contributed by atoms with Crippen molar-refractivity contribution < 1.29 is 13.2 Å². The van der Waals surface area contributed by atoms with Gasteiger partial charge >= 0.3 is 6.18 Å². The highest BCUT2D eigenvalue weighted by molar-refractivity contribution is 5.91. The SMILES string of the molecule is CC(C)/C=N\C(=N)C(F)(F)F. The van der Waals surface area contributed by atoms with E-state index in [0.29, 0.717) is 0 Å². The van der Waals surface area contributed by atoms with Crippen LogP contribution in [0, 0.1) is 11.3 Å². The molecule has 0 heterocycles. The van der Waals surface area contributed by atoms with Crippen LogP contribution in [0.1, 0.15) is 13.8 Å². The zero-order valence-corrected chi connectivity index (χ0v) is 6.24. The van der Waals surface area contributed by atoms with E-state index >= 15 is 0 Å². The summed E-state index contributed by atoms with van der Waals surface area (Å²) in [4.78, 5) is 2.93. The first kappa shape index (κ1) is 10.1. The maximum atomic E-state index is 11.6. The van der Waals surface area contributed by atoms with Gasteiger partial charge in [-0.05, 0) is 5.92 Å². The highest BCUT2D eigenvalue weighted by atomic mass is 19.4. The summed E-state index contributed by atoms with van der Waals surface area (Å²) in [5, 5.41) is 6.41. The van der Waals surface area contributed by atoms with Gasteiger partial charge in [0.1, 0.15) is 0 Å². The molecule has 0 aliphatic heterocycles. The van der Waals surface area contributed by atoms with Crippen molar-refractivity contribution in [2.45, 2.75) is 20.0 Å². The molecule has 0 amide bonds. The van der Waals surface area contributed by atoms with Gasteiger partial charge in [-0.25, -0.2) is 4.99 Å². The van der Waals surface area contributed by atoms with E-state index in [-0.39, 0.29) is 5.92 Å². The summed E-state index contributed by atoms with van der Waals surface area (Å²) in [6.45, 7) is 3.38. The Kier molecular flexibility index (Phi) is 3.22. The molecule has 0 bridgehead atoms. The zero-order valence-electron chi connectivity index (χ0n) is 6.24. The van der Waals surface area contributed by atoms with Gasteiger partial charge in [-0.2, -0.15) is 13.2 Å². The van der Waals surface area contributed by atoms with Crippen molar-refractivity contribution in [1.29, 1.82) is 5.41 Å². The van der Waals surface area contributed by atoms with Crippen molar-refractivity contribution in [2.24, 2.45) is 10.9 Å². The first-order chi connectivity index (χ1) is 4.84. The van der Waals surface area contributed by atoms with E-state index < -0.39 is 12.0 Å². The van der Waals surface area contributed by atoms with Crippen LogP contribution in [0.5, 0.6) is 0 Å². The Balaban J connectivity index is 4.09. The molecule has 0 unspecified atom stereocenters. The number of alkyl halides is 3. The average Bonchev–Trinajstić information content (AvgIpc) is 1.80. The molecule has 0 atom stereocenters. The van der Waals surface area contributed by atoms with E-state index in [2.05, 4.69) is 4.99 Å². The fraction of sp³-hybridized carbons (Fsp3) is 0.667. The van der Waals surface area contributed by atoms with Crippen LogP contribution in [0.2, 0.25) is 0 Å². The Morgan fingerprint density at radius 2 is 1.91 bits per heavy atom. The molecule has 0 spiro atoms. The molecule has 0 rings (SSSR count). The fourth-order valence-electron chi connectivity index (χ4n) is 0.297. The number of rotatable bonds is 1. The lowest BCUT2D eigenvalue weighted by Gasteiger charge is -2.02. The molecule has 11 heavy (non-hydrogen) atoms. The van der Waals surface area contributed by atoms with Crippen LogP contribution in [-0.4, -0.2) is 18.2 Å². The van der Waals surface area contributed by atoms with Crippen molar-refractivity contribution in [3.8, 4) is 0 Å². The summed E-state index contributed by atoms with van der Waals surface area (Å²) in [5.41, 5.74) is 0. The molecule has 0 aromatic rings. The molecule has 2 nitrogen and oxygen atoms in total. The summed E-state index contributed by atoms with van der Waals surface area (Å²) in [6.07, 6.45) is -3.53. The highest BCUT2D eigenvalue weighted by Gasteiger charge is 2.34. The molecule has 0 aliphatic carbocycles. The van der Waals surface area contributed by atoms with Gasteiger partial charge < -0.3 is 0 Å². The first-order valence-electron chi connectivity index (χ1n) is 3.04. The normalized spacial score (nSPS) is 12.9. The number of halogens is 3. The molecule has 0 fully saturated rings. The predicted octanol–water partition coefficient (Wildman–Crippen LogP) is 2.25. The smallest absolute Gasteiger partial charge is 0.279 e. The number of aliphatic imine (C=N–C) groups is 1. The summed E-state index contributed by atoms with van der Waals surface area (Å²) in [5.74, 6) is -1.62. The lowest BCUT2D eigenvalue weighted by molar-refractivity contribution is -0.0604. The summed E-state index contributed by atoms with van der Waals surface area (Å²) in [7, 11) is 0. The third kappa shape index (κ3) is 4.52. The topological polar surface area (TPSA) is 36.2 Å². The van der Waals surface area contributed by atoms with Gasteiger partial charge in [0.05, 0.1) is 0 Å². The number of nitrogens with zero attached hydrogens (tertiary/aromatic N) is 1. The van der Waals surface area contributed by atoms with Crippen molar-refractivity contribution >= 4 is 12.1 Å². The second-order valence-corrected chi connectivity index (χ2v) is 2.37. The maximum absolute atomic E-state index is 11.6. The van der Waals surface area contributed by atoms with E-state index in [1.54, 1.807) is 13.8 Å². The van der Waals surface area contributed by atoms with Gasteiger partial charge in [-0.1, -0.05) is 13.8 Å². The van der Waals surface area contributed by atoms with E-state index in [1.165, 1.54) is 0 Å². The minimum absolute atomic E-state index is 0.0716. The van der Waals surface area contributed by atoms with Gasteiger partial charge in [-0.3, -0.25) is 5.41 Å². The monoisotopic (exact) mass is 166 g/mol. The van der Waals surface area contributed by atoms with Crippen LogP contribution in [0.15, 0.2) is 4.99 Å². The van der Waals surface area contributed by atoms with Crippen molar-refractivity contribution in [3.05, 3.63) is 0 Å².